The fourth-order valence-corrected chi connectivity index (χ4v) is 4.44. The number of piperidine rings is 1. The minimum absolute atomic E-state index is 0.127. The summed E-state index contributed by atoms with van der Waals surface area (Å²) in [6.07, 6.45) is 5.51. The van der Waals surface area contributed by atoms with E-state index in [4.69, 9.17) is 0 Å². The number of hydrogen-bond donors (Lipinski definition) is 1. The zero-order valence-corrected chi connectivity index (χ0v) is 15.1. The Balaban J connectivity index is 1.50. The summed E-state index contributed by atoms with van der Waals surface area (Å²) in [5, 5.41) is 18.3. The quantitative estimate of drug-likeness (QED) is 0.749. The lowest BCUT2D eigenvalue weighted by Crippen LogP contribution is -2.37. The molecule has 0 saturated carbocycles. The summed E-state index contributed by atoms with van der Waals surface area (Å²) in [6, 6.07) is 0. The highest BCUT2D eigenvalue weighted by atomic mass is 32.2. The third-order valence-corrected chi connectivity index (χ3v) is 6.12. The van der Waals surface area contributed by atoms with Crippen molar-refractivity contribution < 1.29 is 9.90 Å². The number of aliphatic hydroxyl groups is 1. The van der Waals surface area contributed by atoms with Crippen molar-refractivity contribution in [3.63, 3.8) is 0 Å². The molecule has 1 aromatic heterocycles. The molecular formula is C16H27N5O2S. The molecule has 1 aromatic rings. The van der Waals surface area contributed by atoms with E-state index in [-0.39, 0.29) is 18.4 Å². The molecule has 1 N–H and O–H groups in total. The molecule has 7 nitrogen and oxygen atoms in total. The molecule has 0 spiro atoms. The summed E-state index contributed by atoms with van der Waals surface area (Å²) >= 11 is 1.42. The lowest BCUT2D eigenvalue weighted by Gasteiger charge is -2.30. The first-order valence-corrected chi connectivity index (χ1v) is 9.73. The van der Waals surface area contributed by atoms with E-state index in [2.05, 4.69) is 15.1 Å². The van der Waals surface area contributed by atoms with Crippen molar-refractivity contribution in [2.75, 3.05) is 45.1 Å². The third-order valence-electron chi connectivity index (χ3n) is 5.10. The van der Waals surface area contributed by atoms with E-state index in [9.17, 15) is 9.90 Å². The number of amides is 1. The Hall–Kier alpha value is -1.12. The van der Waals surface area contributed by atoms with E-state index in [0.717, 1.165) is 31.3 Å². The summed E-state index contributed by atoms with van der Waals surface area (Å²) in [6.45, 7) is 4.92. The number of thioether (sulfide) groups is 1. The van der Waals surface area contributed by atoms with Gasteiger partial charge in [0.25, 0.3) is 0 Å². The average Bonchev–Trinajstić information content (AvgIpc) is 3.19. The molecule has 2 aliphatic rings. The third kappa shape index (κ3) is 4.29. The molecule has 2 saturated heterocycles. The molecule has 2 fully saturated rings. The molecule has 8 heteroatoms. The van der Waals surface area contributed by atoms with Crippen LogP contribution in [-0.4, -0.2) is 80.7 Å². The maximum absolute atomic E-state index is 12.5. The summed E-state index contributed by atoms with van der Waals surface area (Å²) < 4.78 is 1.82. The molecule has 2 atom stereocenters. The Bertz CT molecular complexity index is 546. The van der Waals surface area contributed by atoms with E-state index >= 15 is 0 Å². The summed E-state index contributed by atoms with van der Waals surface area (Å²) in [5.74, 6) is 1.09. The fourth-order valence-electron chi connectivity index (χ4n) is 3.65. The Morgan fingerprint density at radius 3 is 2.71 bits per heavy atom. The van der Waals surface area contributed by atoms with Gasteiger partial charge in [0.2, 0.25) is 5.91 Å². The maximum Gasteiger partial charge on any atom is 0.233 e. The van der Waals surface area contributed by atoms with Gasteiger partial charge in [0.05, 0.1) is 5.75 Å². The van der Waals surface area contributed by atoms with E-state index in [1.807, 2.05) is 16.5 Å². The van der Waals surface area contributed by atoms with E-state index in [1.165, 1.54) is 31.0 Å². The Morgan fingerprint density at radius 2 is 2.04 bits per heavy atom. The SMILES string of the molecule is Cn1cnnc1SCC(=O)N1C[C@@H](CN2CCCCC2)[C@@H](CO)C1. The smallest absolute Gasteiger partial charge is 0.233 e. The number of hydrogen-bond acceptors (Lipinski definition) is 6. The van der Waals surface area contributed by atoms with Gasteiger partial charge in [-0.05, 0) is 31.8 Å². The van der Waals surface area contributed by atoms with Crippen LogP contribution in [0.2, 0.25) is 0 Å². The van der Waals surface area contributed by atoms with Gasteiger partial charge in [-0.3, -0.25) is 4.79 Å². The van der Waals surface area contributed by atoms with Crippen LogP contribution in [0.15, 0.2) is 11.5 Å². The van der Waals surface area contributed by atoms with Crippen molar-refractivity contribution in [2.24, 2.45) is 18.9 Å². The predicted molar refractivity (Wildman–Crippen MR) is 92.7 cm³/mol. The summed E-state index contributed by atoms with van der Waals surface area (Å²) in [4.78, 5) is 16.9. The molecule has 2 aliphatic heterocycles. The molecule has 0 aromatic carbocycles. The van der Waals surface area contributed by atoms with E-state index < -0.39 is 0 Å². The van der Waals surface area contributed by atoms with Crippen molar-refractivity contribution in [1.82, 2.24) is 24.6 Å². The monoisotopic (exact) mass is 353 g/mol. The molecule has 3 heterocycles. The van der Waals surface area contributed by atoms with Crippen LogP contribution in [0, 0.1) is 11.8 Å². The highest BCUT2D eigenvalue weighted by molar-refractivity contribution is 7.99. The van der Waals surface area contributed by atoms with Crippen LogP contribution in [0.4, 0.5) is 0 Å². The maximum atomic E-state index is 12.5. The number of aryl methyl sites for hydroxylation is 1. The highest BCUT2D eigenvalue weighted by Crippen LogP contribution is 2.26. The van der Waals surface area contributed by atoms with Crippen LogP contribution >= 0.6 is 11.8 Å². The Labute approximate surface area is 147 Å². The van der Waals surface area contributed by atoms with Gasteiger partial charge < -0.3 is 19.5 Å². The number of carbonyl (C=O) groups is 1. The largest absolute Gasteiger partial charge is 0.396 e. The number of nitrogens with zero attached hydrogens (tertiary/aromatic N) is 5. The first-order valence-electron chi connectivity index (χ1n) is 8.75. The second-order valence-electron chi connectivity index (χ2n) is 6.88. The molecule has 0 aliphatic carbocycles. The number of carbonyl (C=O) groups excluding carboxylic acids is 1. The topological polar surface area (TPSA) is 74.5 Å². The van der Waals surface area contributed by atoms with Crippen LogP contribution in [0.3, 0.4) is 0 Å². The Kier molecular flexibility index (Phi) is 6.13. The van der Waals surface area contributed by atoms with Gasteiger partial charge >= 0.3 is 0 Å². The minimum Gasteiger partial charge on any atom is -0.396 e. The number of likely N-dealkylation sites (tertiary alicyclic amines) is 2. The van der Waals surface area contributed by atoms with Crippen molar-refractivity contribution in [3.05, 3.63) is 6.33 Å². The van der Waals surface area contributed by atoms with Gasteiger partial charge in [0.1, 0.15) is 6.33 Å². The van der Waals surface area contributed by atoms with Gasteiger partial charge in [-0.15, -0.1) is 10.2 Å². The molecule has 0 unspecified atom stereocenters. The second kappa shape index (κ2) is 8.31. The first kappa shape index (κ1) is 17.7. The second-order valence-corrected chi connectivity index (χ2v) is 7.82. The number of rotatable bonds is 6. The number of aliphatic hydroxyl groups excluding tert-OH is 1. The molecule has 134 valence electrons. The molecule has 3 rings (SSSR count). The average molecular weight is 353 g/mol. The lowest BCUT2D eigenvalue weighted by molar-refractivity contribution is -0.127. The number of aromatic nitrogens is 3. The van der Waals surface area contributed by atoms with Crippen molar-refractivity contribution in [2.45, 2.75) is 24.4 Å². The summed E-state index contributed by atoms with van der Waals surface area (Å²) in [5.41, 5.74) is 0. The van der Waals surface area contributed by atoms with Crippen molar-refractivity contribution in [1.29, 1.82) is 0 Å². The van der Waals surface area contributed by atoms with Crippen LogP contribution in [0.5, 0.6) is 0 Å². The molecule has 0 radical (unpaired) electrons. The zero-order valence-electron chi connectivity index (χ0n) is 14.3. The van der Waals surface area contributed by atoms with Gasteiger partial charge in [-0.2, -0.15) is 0 Å². The van der Waals surface area contributed by atoms with Crippen LogP contribution in [0.25, 0.3) is 0 Å². The normalized spacial score (nSPS) is 25.3. The lowest BCUT2D eigenvalue weighted by atomic mass is 9.95. The highest BCUT2D eigenvalue weighted by Gasteiger charge is 2.35. The van der Waals surface area contributed by atoms with Crippen molar-refractivity contribution in [3.8, 4) is 0 Å². The zero-order chi connectivity index (χ0) is 16.9. The predicted octanol–water partition coefficient (Wildman–Crippen LogP) is 0.460. The van der Waals surface area contributed by atoms with Gasteiger partial charge in [0.15, 0.2) is 5.16 Å². The molecular weight excluding hydrogens is 326 g/mol. The van der Waals surface area contributed by atoms with Crippen LogP contribution in [0.1, 0.15) is 19.3 Å². The van der Waals surface area contributed by atoms with Gasteiger partial charge in [0, 0.05) is 39.2 Å². The van der Waals surface area contributed by atoms with E-state index in [0.29, 0.717) is 18.2 Å². The van der Waals surface area contributed by atoms with Crippen LogP contribution in [-0.2, 0) is 11.8 Å². The first-order chi connectivity index (χ1) is 11.7. The molecule has 24 heavy (non-hydrogen) atoms. The minimum atomic E-state index is 0.127. The fraction of sp³-hybridized carbons (Fsp3) is 0.812. The van der Waals surface area contributed by atoms with Crippen molar-refractivity contribution >= 4 is 17.7 Å². The van der Waals surface area contributed by atoms with Crippen LogP contribution < -0.4 is 0 Å². The molecule has 0 bridgehead atoms. The standard InChI is InChI=1S/C16H27N5O2S/c1-19-12-17-18-16(19)24-11-15(23)21-8-13(14(9-21)10-22)7-20-5-3-2-4-6-20/h12-14,22H,2-11H2,1H3/t13-,14-/m1/s1. The summed E-state index contributed by atoms with van der Waals surface area (Å²) in [7, 11) is 1.87. The van der Waals surface area contributed by atoms with Gasteiger partial charge in [-0.1, -0.05) is 18.2 Å². The Morgan fingerprint density at radius 1 is 1.29 bits per heavy atom. The molecule has 1 amide bonds. The van der Waals surface area contributed by atoms with E-state index in [1.54, 1.807) is 6.33 Å². The van der Waals surface area contributed by atoms with Gasteiger partial charge in [-0.25, -0.2) is 0 Å².